The molecule has 2 aliphatic rings. The first-order valence-corrected chi connectivity index (χ1v) is 5.08. The third-order valence-corrected chi connectivity index (χ3v) is 3.24. The van der Waals surface area contributed by atoms with E-state index in [1.54, 1.807) is 0 Å². The third-order valence-electron chi connectivity index (χ3n) is 2.21. The Morgan fingerprint density at radius 2 is 1.58 bits per heavy atom. The van der Waals surface area contributed by atoms with Gasteiger partial charge in [0.25, 0.3) is 0 Å². The number of ether oxygens (including phenoxy) is 2. The highest BCUT2D eigenvalue weighted by Gasteiger charge is 2.19. The van der Waals surface area contributed by atoms with Crippen LogP contribution < -0.4 is 9.47 Å². The van der Waals surface area contributed by atoms with Gasteiger partial charge < -0.3 is 9.47 Å². The molecule has 2 aliphatic heterocycles. The van der Waals surface area contributed by atoms with Crippen molar-refractivity contribution < 1.29 is 9.47 Å². The van der Waals surface area contributed by atoms with Gasteiger partial charge in [0.05, 0.1) is 0 Å². The van der Waals surface area contributed by atoms with E-state index in [1.807, 2.05) is 11.8 Å². The third kappa shape index (κ3) is 0.829. The molecule has 1 aromatic carbocycles. The average Bonchev–Trinajstić information content (AvgIpc) is 2.64. The van der Waals surface area contributed by atoms with E-state index in [1.165, 1.54) is 11.1 Å². The van der Waals surface area contributed by atoms with Crippen LogP contribution in [-0.4, -0.2) is 6.79 Å². The Morgan fingerprint density at radius 3 is 2.17 bits per heavy atom. The fourth-order valence-corrected chi connectivity index (χ4v) is 2.65. The van der Waals surface area contributed by atoms with Crippen LogP contribution in [0.5, 0.6) is 11.5 Å². The summed E-state index contributed by atoms with van der Waals surface area (Å²) in [4.78, 5) is 0. The lowest BCUT2D eigenvalue weighted by molar-refractivity contribution is 0.174. The molecule has 0 radical (unpaired) electrons. The minimum Gasteiger partial charge on any atom is -0.454 e. The molecule has 2 nitrogen and oxygen atoms in total. The Morgan fingerprint density at radius 1 is 1.00 bits per heavy atom. The highest BCUT2D eigenvalue weighted by Crippen LogP contribution is 2.40. The highest BCUT2D eigenvalue weighted by atomic mass is 32.2. The molecule has 0 unspecified atom stereocenters. The van der Waals surface area contributed by atoms with Gasteiger partial charge in [-0.15, -0.1) is 0 Å². The van der Waals surface area contributed by atoms with Crippen molar-refractivity contribution in [2.45, 2.75) is 11.5 Å². The van der Waals surface area contributed by atoms with Gasteiger partial charge in [-0.2, -0.15) is 11.8 Å². The number of fused-ring (bicyclic) bond motifs is 2. The van der Waals surface area contributed by atoms with E-state index in [9.17, 15) is 0 Å². The molecule has 1 aromatic rings. The second kappa shape index (κ2) is 2.33. The zero-order chi connectivity index (χ0) is 7.97. The van der Waals surface area contributed by atoms with Crippen LogP contribution in [0, 0.1) is 0 Å². The summed E-state index contributed by atoms with van der Waals surface area (Å²) in [6, 6.07) is 4.22. The number of hydrogen-bond acceptors (Lipinski definition) is 3. The van der Waals surface area contributed by atoms with E-state index in [0.717, 1.165) is 23.0 Å². The zero-order valence-electron chi connectivity index (χ0n) is 6.50. The molecule has 0 bridgehead atoms. The quantitative estimate of drug-likeness (QED) is 0.609. The summed E-state index contributed by atoms with van der Waals surface area (Å²) in [6.45, 7) is 0.380. The Labute approximate surface area is 74.9 Å². The fraction of sp³-hybridized carbons (Fsp3) is 0.333. The van der Waals surface area contributed by atoms with Crippen molar-refractivity contribution in [3.63, 3.8) is 0 Å². The molecule has 0 saturated heterocycles. The van der Waals surface area contributed by atoms with Crippen molar-refractivity contribution >= 4 is 11.8 Å². The van der Waals surface area contributed by atoms with Crippen molar-refractivity contribution in [2.24, 2.45) is 0 Å². The molecule has 0 atom stereocenters. The molecule has 0 aromatic heterocycles. The Balaban J connectivity index is 2.18. The van der Waals surface area contributed by atoms with Gasteiger partial charge in [0.2, 0.25) is 6.79 Å². The largest absolute Gasteiger partial charge is 0.454 e. The topological polar surface area (TPSA) is 18.5 Å². The second-order valence-electron chi connectivity index (χ2n) is 2.97. The van der Waals surface area contributed by atoms with Crippen molar-refractivity contribution in [1.29, 1.82) is 0 Å². The molecule has 12 heavy (non-hydrogen) atoms. The van der Waals surface area contributed by atoms with Crippen molar-refractivity contribution in [3.05, 3.63) is 23.3 Å². The number of thioether (sulfide) groups is 1. The predicted octanol–water partition coefficient (Wildman–Crippen LogP) is 2.16. The molecule has 0 amide bonds. The van der Waals surface area contributed by atoms with Gasteiger partial charge in [-0.1, -0.05) is 0 Å². The lowest BCUT2D eigenvalue weighted by Gasteiger charge is -1.99. The first-order valence-electron chi connectivity index (χ1n) is 3.92. The molecule has 2 heterocycles. The van der Waals surface area contributed by atoms with E-state index in [2.05, 4.69) is 12.1 Å². The summed E-state index contributed by atoms with van der Waals surface area (Å²) in [5.74, 6) is 4.06. The number of benzene rings is 1. The van der Waals surface area contributed by atoms with Crippen LogP contribution in [0.4, 0.5) is 0 Å². The maximum absolute atomic E-state index is 5.29. The maximum atomic E-state index is 5.29. The summed E-state index contributed by atoms with van der Waals surface area (Å²) in [5, 5.41) is 0. The van der Waals surface area contributed by atoms with Gasteiger partial charge >= 0.3 is 0 Å². The predicted molar refractivity (Wildman–Crippen MR) is 47.6 cm³/mol. The molecule has 0 spiro atoms. The van der Waals surface area contributed by atoms with Crippen molar-refractivity contribution in [2.75, 3.05) is 6.79 Å². The molecule has 3 rings (SSSR count). The van der Waals surface area contributed by atoms with Gasteiger partial charge in [-0.05, 0) is 23.3 Å². The lowest BCUT2D eigenvalue weighted by Crippen LogP contribution is -1.92. The molecule has 3 heteroatoms. The molecule has 0 N–H and O–H groups in total. The van der Waals surface area contributed by atoms with Crippen LogP contribution in [0.1, 0.15) is 11.1 Å². The smallest absolute Gasteiger partial charge is 0.231 e. The minimum absolute atomic E-state index is 0.380. The maximum Gasteiger partial charge on any atom is 0.231 e. The molecule has 0 aliphatic carbocycles. The first-order chi connectivity index (χ1) is 5.93. The van der Waals surface area contributed by atoms with Crippen LogP contribution in [0.3, 0.4) is 0 Å². The summed E-state index contributed by atoms with van der Waals surface area (Å²) < 4.78 is 10.6. The molecule has 62 valence electrons. The molecule has 0 saturated carbocycles. The number of rotatable bonds is 0. The summed E-state index contributed by atoms with van der Waals surface area (Å²) in [5.41, 5.74) is 2.81. The normalized spacial score (nSPS) is 18.0. The van der Waals surface area contributed by atoms with Crippen molar-refractivity contribution in [3.8, 4) is 11.5 Å². The summed E-state index contributed by atoms with van der Waals surface area (Å²) in [7, 11) is 0. The standard InChI is InChI=1S/C9H8O2S/c1-6-3-12-4-7(6)2-9-8(1)10-5-11-9/h1-2H,3-5H2. The van der Waals surface area contributed by atoms with Gasteiger partial charge in [0.15, 0.2) is 11.5 Å². The SMILES string of the molecule is c1c2c(cc3c1OCO3)CSC2. The van der Waals surface area contributed by atoms with Gasteiger partial charge in [-0.25, -0.2) is 0 Å². The monoisotopic (exact) mass is 180 g/mol. The van der Waals surface area contributed by atoms with E-state index in [0.29, 0.717) is 6.79 Å². The first kappa shape index (κ1) is 6.66. The lowest BCUT2D eigenvalue weighted by atomic mass is 10.1. The van der Waals surface area contributed by atoms with E-state index >= 15 is 0 Å². The molecular weight excluding hydrogens is 172 g/mol. The van der Waals surface area contributed by atoms with Gasteiger partial charge in [-0.3, -0.25) is 0 Å². The van der Waals surface area contributed by atoms with E-state index < -0.39 is 0 Å². The van der Waals surface area contributed by atoms with Crippen LogP contribution in [0.2, 0.25) is 0 Å². The molecular formula is C9H8O2S. The zero-order valence-corrected chi connectivity index (χ0v) is 7.32. The van der Waals surface area contributed by atoms with Crippen LogP contribution >= 0.6 is 11.8 Å². The number of hydrogen-bond donors (Lipinski definition) is 0. The summed E-state index contributed by atoms with van der Waals surface area (Å²) in [6.07, 6.45) is 0. The van der Waals surface area contributed by atoms with Crippen LogP contribution in [0.15, 0.2) is 12.1 Å². The Hall–Kier alpha value is -0.830. The molecule has 0 fully saturated rings. The van der Waals surface area contributed by atoms with Gasteiger partial charge in [0.1, 0.15) is 0 Å². The van der Waals surface area contributed by atoms with E-state index in [-0.39, 0.29) is 0 Å². The van der Waals surface area contributed by atoms with E-state index in [4.69, 9.17) is 9.47 Å². The Kier molecular flexibility index (Phi) is 1.29. The van der Waals surface area contributed by atoms with Gasteiger partial charge in [0, 0.05) is 11.5 Å². The fourth-order valence-electron chi connectivity index (χ4n) is 1.57. The Bertz CT molecular complexity index is 275. The summed E-state index contributed by atoms with van der Waals surface area (Å²) >= 11 is 1.94. The second-order valence-corrected chi connectivity index (χ2v) is 3.95. The van der Waals surface area contributed by atoms with Crippen LogP contribution in [0.25, 0.3) is 0 Å². The average molecular weight is 180 g/mol. The minimum atomic E-state index is 0.380. The van der Waals surface area contributed by atoms with Crippen molar-refractivity contribution in [1.82, 2.24) is 0 Å². The van der Waals surface area contributed by atoms with Crippen LogP contribution in [-0.2, 0) is 11.5 Å². The highest BCUT2D eigenvalue weighted by molar-refractivity contribution is 7.98.